The van der Waals surface area contributed by atoms with Gasteiger partial charge in [-0.1, -0.05) is 5.11 Å². The topological polar surface area (TPSA) is 104 Å². The van der Waals surface area contributed by atoms with Crippen molar-refractivity contribution < 1.29 is 4.79 Å². The SMILES string of the molecule is [N-]=[N+]=NCCCNC1(C(N)=O)CCSCC1. The summed E-state index contributed by atoms with van der Waals surface area (Å²) in [7, 11) is 0. The van der Waals surface area contributed by atoms with Crippen molar-refractivity contribution in [2.45, 2.75) is 24.8 Å². The average molecular weight is 243 g/mol. The Labute approximate surface area is 99.0 Å². The summed E-state index contributed by atoms with van der Waals surface area (Å²) in [5.74, 6) is 1.66. The van der Waals surface area contributed by atoms with Crippen molar-refractivity contribution in [1.29, 1.82) is 0 Å². The number of primary amides is 1. The summed E-state index contributed by atoms with van der Waals surface area (Å²) < 4.78 is 0. The van der Waals surface area contributed by atoms with Gasteiger partial charge in [0.05, 0.1) is 5.54 Å². The Bertz CT molecular complexity index is 284. The highest BCUT2D eigenvalue weighted by atomic mass is 32.2. The number of hydrogen-bond acceptors (Lipinski definition) is 4. The molecule has 0 aliphatic carbocycles. The molecule has 0 unspecified atom stereocenters. The molecule has 0 bridgehead atoms. The molecule has 1 aliphatic heterocycles. The largest absolute Gasteiger partial charge is 0.368 e. The number of nitrogens with one attached hydrogen (secondary N) is 1. The van der Waals surface area contributed by atoms with E-state index in [0.29, 0.717) is 13.1 Å². The number of amides is 1. The summed E-state index contributed by atoms with van der Waals surface area (Å²) in [6.07, 6.45) is 2.30. The lowest BCUT2D eigenvalue weighted by atomic mass is 9.91. The van der Waals surface area contributed by atoms with Crippen LogP contribution in [0.25, 0.3) is 10.4 Å². The third-order valence-corrected chi connectivity index (χ3v) is 3.77. The Morgan fingerprint density at radius 2 is 2.25 bits per heavy atom. The predicted molar refractivity (Wildman–Crippen MR) is 65.1 cm³/mol. The highest BCUT2D eigenvalue weighted by Crippen LogP contribution is 2.26. The lowest BCUT2D eigenvalue weighted by Crippen LogP contribution is -2.57. The summed E-state index contributed by atoms with van der Waals surface area (Å²) >= 11 is 1.85. The van der Waals surface area contributed by atoms with Crippen molar-refractivity contribution in [2.75, 3.05) is 24.6 Å². The molecule has 1 saturated heterocycles. The van der Waals surface area contributed by atoms with E-state index in [2.05, 4.69) is 15.3 Å². The van der Waals surface area contributed by atoms with E-state index in [4.69, 9.17) is 11.3 Å². The van der Waals surface area contributed by atoms with E-state index in [-0.39, 0.29) is 5.91 Å². The van der Waals surface area contributed by atoms with E-state index >= 15 is 0 Å². The van der Waals surface area contributed by atoms with E-state index in [1.807, 2.05) is 11.8 Å². The van der Waals surface area contributed by atoms with E-state index in [9.17, 15) is 4.79 Å². The zero-order valence-corrected chi connectivity index (χ0v) is 10.0. The molecular formula is C9H17N5OS. The van der Waals surface area contributed by atoms with Crippen LogP contribution >= 0.6 is 11.8 Å². The summed E-state index contributed by atoms with van der Waals surface area (Å²) in [5, 5.41) is 6.66. The highest BCUT2D eigenvalue weighted by molar-refractivity contribution is 7.99. The quantitative estimate of drug-likeness (QED) is 0.315. The number of carbonyl (C=O) groups excluding carboxylic acids is 1. The zero-order chi connectivity index (χ0) is 11.9. The Hall–Kier alpha value is -0.910. The maximum absolute atomic E-state index is 11.5. The van der Waals surface area contributed by atoms with Crippen LogP contribution in [0.3, 0.4) is 0 Å². The van der Waals surface area contributed by atoms with Crippen molar-refractivity contribution >= 4 is 17.7 Å². The molecule has 0 radical (unpaired) electrons. The molecule has 1 rings (SSSR count). The summed E-state index contributed by atoms with van der Waals surface area (Å²) in [5.41, 5.74) is 13.0. The number of thioether (sulfide) groups is 1. The van der Waals surface area contributed by atoms with Crippen LogP contribution in [0, 0.1) is 0 Å². The lowest BCUT2D eigenvalue weighted by Gasteiger charge is -2.35. The van der Waals surface area contributed by atoms with Crippen molar-refractivity contribution in [3.8, 4) is 0 Å². The van der Waals surface area contributed by atoms with E-state index < -0.39 is 5.54 Å². The Balaban J connectivity index is 2.38. The first-order chi connectivity index (χ1) is 7.71. The average Bonchev–Trinajstić information content (AvgIpc) is 2.30. The lowest BCUT2D eigenvalue weighted by molar-refractivity contribution is -0.124. The molecule has 1 amide bonds. The first kappa shape index (κ1) is 13.2. The highest BCUT2D eigenvalue weighted by Gasteiger charge is 2.37. The van der Waals surface area contributed by atoms with Crippen LogP contribution in [-0.2, 0) is 4.79 Å². The minimum absolute atomic E-state index is 0.267. The Morgan fingerprint density at radius 3 is 2.81 bits per heavy atom. The normalized spacial score (nSPS) is 18.8. The second-order valence-electron chi connectivity index (χ2n) is 3.79. The summed E-state index contributed by atoms with van der Waals surface area (Å²) in [6, 6.07) is 0. The van der Waals surface area contributed by atoms with Crippen LogP contribution in [0.1, 0.15) is 19.3 Å². The fourth-order valence-electron chi connectivity index (χ4n) is 1.75. The van der Waals surface area contributed by atoms with Crippen LogP contribution in [0.2, 0.25) is 0 Å². The molecule has 7 heteroatoms. The van der Waals surface area contributed by atoms with Gasteiger partial charge in [-0.05, 0) is 42.8 Å². The van der Waals surface area contributed by atoms with Gasteiger partial charge in [0.2, 0.25) is 5.91 Å². The molecule has 6 nitrogen and oxygen atoms in total. The smallest absolute Gasteiger partial charge is 0.237 e. The molecule has 16 heavy (non-hydrogen) atoms. The molecule has 90 valence electrons. The second kappa shape index (κ2) is 6.62. The fourth-order valence-corrected chi connectivity index (χ4v) is 2.94. The van der Waals surface area contributed by atoms with Gasteiger partial charge in [0.1, 0.15) is 0 Å². The summed E-state index contributed by atoms with van der Waals surface area (Å²) in [6.45, 7) is 1.11. The maximum atomic E-state index is 11.5. The van der Waals surface area contributed by atoms with Crippen molar-refractivity contribution in [3.63, 3.8) is 0 Å². The Kier molecular flexibility index (Phi) is 5.45. The molecule has 0 saturated carbocycles. The van der Waals surface area contributed by atoms with Gasteiger partial charge in [-0.15, -0.1) is 0 Å². The molecule has 1 fully saturated rings. The van der Waals surface area contributed by atoms with Crippen LogP contribution in [0.5, 0.6) is 0 Å². The van der Waals surface area contributed by atoms with Gasteiger partial charge in [-0.3, -0.25) is 4.79 Å². The molecule has 3 N–H and O–H groups in total. The Morgan fingerprint density at radius 1 is 1.56 bits per heavy atom. The van der Waals surface area contributed by atoms with Crippen LogP contribution in [0.4, 0.5) is 0 Å². The van der Waals surface area contributed by atoms with Crippen LogP contribution < -0.4 is 11.1 Å². The minimum atomic E-state index is -0.540. The van der Waals surface area contributed by atoms with Gasteiger partial charge in [-0.2, -0.15) is 11.8 Å². The number of azide groups is 1. The van der Waals surface area contributed by atoms with Gasteiger partial charge in [0.25, 0.3) is 0 Å². The minimum Gasteiger partial charge on any atom is -0.368 e. The standard InChI is InChI=1S/C9H17N5OS/c10-8(15)9(2-6-16-7-3-9)12-4-1-5-13-14-11/h12H,1-7H2,(H2,10,15). The van der Waals surface area contributed by atoms with Crippen LogP contribution in [-0.4, -0.2) is 36.0 Å². The van der Waals surface area contributed by atoms with E-state index in [0.717, 1.165) is 30.8 Å². The van der Waals surface area contributed by atoms with Gasteiger partial charge >= 0.3 is 0 Å². The maximum Gasteiger partial charge on any atom is 0.237 e. The first-order valence-electron chi connectivity index (χ1n) is 5.35. The number of hydrogen-bond donors (Lipinski definition) is 2. The monoisotopic (exact) mass is 243 g/mol. The van der Waals surface area contributed by atoms with E-state index in [1.54, 1.807) is 0 Å². The first-order valence-corrected chi connectivity index (χ1v) is 6.50. The molecular weight excluding hydrogens is 226 g/mol. The third kappa shape index (κ3) is 3.59. The van der Waals surface area contributed by atoms with Gasteiger partial charge in [-0.25, -0.2) is 0 Å². The molecule has 1 heterocycles. The number of rotatable bonds is 6. The number of nitrogens with zero attached hydrogens (tertiary/aromatic N) is 3. The number of carbonyl (C=O) groups is 1. The van der Waals surface area contributed by atoms with Gasteiger partial charge < -0.3 is 11.1 Å². The van der Waals surface area contributed by atoms with E-state index in [1.165, 1.54) is 0 Å². The second-order valence-corrected chi connectivity index (χ2v) is 5.02. The van der Waals surface area contributed by atoms with Crippen molar-refractivity contribution in [3.05, 3.63) is 10.4 Å². The number of nitrogens with two attached hydrogens (primary N) is 1. The molecule has 0 spiro atoms. The molecule has 1 aliphatic rings. The zero-order valence-electron chi connectivity index (χ0n) is 9.19. The predicted octanol–water partition coefficient (Wildman–Crippen LogP) is 1.03. The third-order valence-electron chi connectivity index (χ3n) is 2.78. The summed E-state index contributed by atoms with van der Waals surface area (Å²) in [4.78, 5) is 14.1. The van der Waals surface area contributed by atoms with Crippen molar-refractivity contribution in [2.24, 2.45) is 10.8 Å². The van der Waals surface area contributed by atoms with Crippen LogP contribution in [0.15, 0.2) is 5.11 Å². The molecule has 0 aromatic carbocycles. The fraction of sp³-hybridized carbons (Fsp3) is 0.889. The molecule has 0 aromatic rings. The van der Waals surface area contributed by atoms with Crippen molar-refractivity contribution in [1.82, 2.24) is 5.32 Å². The van der Waals surface area contributed by atoms with Gasteiger partial charge in [0, 0.05) is 11.5 Å². The molecule has 0 atom stereocenters. The molecule has 0 aromatic heterocycles. The van der Waals surface area contributed by atoms with Gasteiger partial charge in [0.15, 0.2) is 0 Å².